The number of rotatable bonds is 2. The Morgan fingerprint density at radius 3 is 2.22 bits per heavy atom. The minimum atomic E-state index is -0.825. The van der Waals surface area contributed by atoms with E-state index in [9.17, 15) is 4.39 Å². The Kier molecular flexibility index (Phi) is 2.70. The first-order valence-electron chi connectivity index (χ1n) is 3.08. The number of alkyl halides is 1. The molecule has 0 aromatic rings. The van der Waals surface area contributed by atoms with Gasteiger partial charge < -0.3 is 0 Å². The summed E-state index contributed by atoms with van der Waals surface area (Å²) in [6.45, 7) is 5.20. The molecule has 0 nitrogen and oxygen atoms in total. The minimum absolute atomic E-state index is 0.352. The molecule has 1 atom stereocenters. The van der Waals surface area contributed by atoms with Crippen molar-refractivity contribution in [3.63, 3.8) is 0 Å². The zero-order valence-corrected chi connectivity index (χ0v) is 6.24. The van der Waals surface area contributed by atoms with E-state index in [4.69, 9.17) is 6.42 Å². The van der Waals surface area contributed by atoms with Gasteiger partial charge in [0.25, 0.3) is 0 Å². The molecule has 0 rings (SSSR count). The van der Waals surface area contributed by atoms with Gasteiger partial charge in [-0.05, 0) is 6.92 Å². The van der Waals surface area contributed by atoms with Crippen LogP contribution in [0.5, 0.6) is 0 Å². The van der Waals surface area contributed by atoms with Crippen LogP contribution in [0, 0.1) is 17.8 Å². The van der Waals surface area contributed by atoms with Crippen molar-refractivity contribution in [1.82, 2.24) is 0 Å². The van der Waals surface area contributed by atoms with E-state index in [-0.39, 0.29) is 5.41 Å². The summed E-state index contributed by atoms with van der Waals surface area (Å²) in [5.41, 5.74) is -0.352. The standard InChI is InChI=1S/C8H13F/c1-5-6-8(3,4)7(2)9/h1,7H,6H2,2-4H3. The third kappa shape index (κ3) is 2.51. The maximum atomic E-state index is 12.6. The van der Waals surface area contributed by atoms with E-state index in [1.807, 2.05) is 13.8 Å². The van der Waals surface area contributed by atoms with E-state index < -0.39 is 6.17 Å². The highest BCUT2D eigenvalue weighted by Gasteiger charge is 2.23. The van der Waals surface area contributed by atoms with Crippen molar-refractivity contribution in [2.75, 3.05) is 0 Å². The molecule has 0 saturated carbocycles. The van der Waals surface area contributed by atoms with Gasteiger partial charge in [0.15, 0.2) is 0 Å². The molecular formula is C8H13F. The smallest absolute Gasteiger partial charge is 0.103 e. The molecule has 1 heteroatoms. The highest BCUT2D eigenvalue weighted by molar-refractivity contribution is 4.92. The van der Waals surface area contributed by atoms with Gasteiger partial charge in [-0.3, -0.25) is 0 Å². The Morgan fingerprint density at radius 2 is 2.11 bits per heavy atom. The first-order valence-corrected chi connectivity index (χ1v) is 3.08. The van der Waals surface area contributed by atoms with Crippen molar-refractivity contribution >= 4 is 0 Å². The molecule has 0 spiro atoms. The highest BCUT2D eigenvalue weighted by Crippen LogP contribution is 2.26. The summed E-state index contributed by atoms with van der Waals surface area (Å²) >= 11 is 0. The van der Waals surface area contributed by atoms with Crippen molar-refractivity contribution in [3.05, 3.63) is 0 Å². The maximum Gasteiger partial charge on any atom is 0.103 e. The van der Waals surface area contributed by atoms with Gasteiger partial charge in [-0.15, -0.1) is 12.3 Å². The Bertz CT molecular complexity index is 117. The van der Waals surface area contributed by atoms with Crippen LogP contribution in [0.1, 0.15) is 27.2 Å². The number of hydrogen-bond donors (Lipinski definition) is 0. The third-order valence-electron chi connectivity index (χ3n) is 1.63. The molecule has 0 saturated heterocycles. The molecule has 0 N–H and O–H groups in total. The van der Waals surface area contributed by atoms with E-state index >= 15 is 0 Å². The average Bonchev–Trinajstić information content (AvgIpc) is 1.65. The first kappa shape index (κ1) is 8.49. The molecule has 1 unspecified atom stereocenters. The zero-order valence-electron chi connectivity index (χ0n) is 6.24. The van der Waals surface area contributed by atoms with E-state index in [1.165, 1.54) is 6.92 Å². The van der Waals surface area contributed by atoms with Crippen molar-refractivity contribution in [2.45, 2.75) is 33.4 Å². The fraction of sp³-hybridized carbons (Fsp3) is 0.750. The van der Waals surface area contributed by atoms with Gasteiger partial charge in [0.1, 0.15) is 6.17 Å². The monoisotopic (exact) mass is 128 g/mol. The van der Waals surface area contributed by atoms with Gasteiger partial charge in [-0.25, -0.2) is 4.39 Å². The summed E-state index contributed by atoms with van der Waals surface area (Å²) in [5.74, 6) is 2.45. The van der Waals surface area contributed by atoms with Gasteiger partial charge >= 0.3 is 0 Å². The number of hydrogen-bond acceptors (Lipinski definition) is 0. The van der Waals surface area contributed by atoms with Crippen LogP contribution in [0.3, 0.4) is 0 Å². The molecule has 0 heterocycles. The lowest BCUT2D eigenvalue weighted by Crippen LogP contribution is -2.21. The average molecular weight is 128 g/mol. The molecule has 0 aliphatic heterocycles. The molecule has 0 aliphatic carbocycles. The zero-order chi connectivity index (χ0) is 7.49. The van der Waals surface area contributed by atoms with Gasteiger partial charge in [0.2, 0.25) is 0 Å². The van der Waals surface area contributed by atoms with Crippen molar-refractivity contribution in [1.29, 1.82) is 0 Å². The molecule has 0 aromatic carbocycles. The van der Waals surface area contributed by atoms with Crippen LogP contribution in [-0.2, 0) is 0 Å². The summed E-state index contributed by atoms with van der Waals surface area (Å²) in [7, 11) is 0. The Balaban J connectivity index is 3.89. The predicted octanol–water partition coefficient (Wildman–Crippen LogP) is 2.39. The Labute approximate surface area is 56.5 Å². The molecule has 0 fully saturated rings. The third-order valence-corrected chi connectivity index (χ3v) is 1.63. The van der Waals surface area contributed by atoms with Crippen LogP contribution < -0.4 is 0 Å². The number of halogens is 1. The van der Waals surface area contributed by atoms with Gasteiger partial charge in [-0.1, -0.05) is 13.8 Å². The van der Waals surface area contributed by atoms with Crippen molar-refractivity contribution in [3.8, 4) is 12.3 Å². The largest absolute Gasteiger partial charge is 0.247 e. The van der Waals surface area contributed by atoms with Crippen LogP contribution in [-0.4, -0.2) is 6.17 Å². The van der Waals surface area contributed by atoms with Crippen LogP contribution in [0.4, 0.5) is 4.39 Å². The molecule has 0 aliphatic rings. The van der Waals surface area contributed by atoms with E-state index in [0.717, 1.165) is 0 Å². The minimum Gasteiger partial charge on any atom is -0.247 e. The lowest BCUT2D eigenvalue weighted by Gasteiger charge is -2.22. The van der Waals surface area contributed by atoms with Crippen molar-refractivity contribution < 1.29 is 4.39 Å². The molecule has 0 aromatic heterocycles. The quantitative estimate of drug-likeness (QED) is 0.501. The predicted molar refractivity (Wildman–Crippen MR) is 37.8 cm³/mol. The summed E-state index contributed by atoms with van der Waals surface area (Å²) in [4.78, 5) is 0. The van der Waals surface area contributed by atoms with Gasteiger partial charge in [0, 0.05) is 11.8 Å². The summed E-state index contributed by atoms with van der Waals surface area (Å²) in [5, 5.41) is 0. The second-order valence-electron chi connectivity index (χ2n) is 2.99. The number of terminal acetylenes is 1. The van der Waals surface area contributed by atoms with E-state index in [2.05, 4.69) is 5.92 Å². The second kappa shape index (κ2) is 2.87. The van der Waals surface area contributed by atoms with Gasteiger partial charge in [-0.2, -0.15) is 0 Å². The van der Waals surface area contributed by atoms with Gasteiger partial charge in [0.05, 0.1) is 0 Å². The molecular weight excluding hydrogens is 115 g/mol. The fourth-order valence-corrected chi connectivity index (χ4v) is 0.404. The van der Waals surface area contributed by atoms with E-state index in [1.54, 1.807) is 0 Å². The second-order valence-corrected chi connectivity index (χ2v) is 2.99. The summed E-state index contributed by atoms with van der Waals surface area (Å²) in [6, 6.07) is 0. The molecule has 0 bridgehead atoms. The van der Waals surface area contributed by atoms with Crippen LogP contribution in [0.25, 0.3) is 0 Å². The van der Waals surface area contributed by atoms with Crippen molar-refractivity contribution in [2.24, 2.45) is 5.41 Å². The molecule has 0 radical (unpaired) electrons. The van der Waals surface area contributed by atoms with Crippen LogP contribution >= 0.6 is 0 Å². The normalized spacial score (nSPS) is 14.6. The molecule has 52 valence electrons. The lowest BCUT2D eigenvalue weighted by molar-refractivity contribution is 0.166. The molecule has 0 amide bonds. The molecule has 9 heavy (non-hydrogen) atoms. The SMILES string of the molecule is C#CCC(C)(C)C(C)F. The highest BCUT2D eigenvalue weighted by atomic mass is 19.1. The van der Waals surface area contributed by atoms with Crippen LogP contribution in [0.2, 0.25) is 0 Å². The maximum absolute atomic E-state index is 12.6. The first-order chi connectivity index (χ1) is 4.00. The summed E-state index contributed by atoms with van der Waals surface area (Å²) in [6.07, 6.45) is 4.71. The lowest BCUT2D eigenvalue weighted by atomic mass is 9.85. The summed E-state index contributed by atoms with van der Waals surface area (Å²) < 4.78 is 12.6. The Morgan fingerprint density at radius 1 is 1.67 bits per heavy atom. The fourth-order valence-electron chi connectivity index (χ4n) is 0.404. The van der Waals surface area contributed by atoms with Crippen LogP contribution in [0.15, 0.2) is 0 Å². The topological polar surface area (TPSA) is 0 Å². The Hall–Kier alpha value is -0.510. The van der Waals surface area contributed by atoms with E-state index in [0.29, 0.717) is 6.42 Å².